The number of anilines is 1. The Labute approximate surface area is 136 Å². The summed E-state index contributed by atoms with van der Waals surface area (Å²) < 4.78 is 1.13. The van der Waals surface area contributed by atoms with Gasteiger partial charge in [0.1, 0.15) is 0 Å². The molecule has 0 saturated heterocycles. The SMILES string of the molecule is Cc1ccc(CN(C)c2ccc(CC(C)N)c(Br)c2)cc1. The molecule has 21 heavy (non-hydrogen) atoms. The van der Waals surface area contributed by atoms with Gasteiger partial charge in [-0.05, 0) is 43.5 Å². The zero-order valence-corrected chi connectivity index (χ0v) is 14.5. The van der Waals surface area contributed by atoms with Crippen LogP contribution in [0.3, 0.4) is 0 Å². The Balaban J connectivity index is 2.10. The molecule has 0 aromatic heterocycles. The maximum Gasteiger partial charge on any atom is 0.0426 e. The molecule has 2 aromatic rings. The summed E-state index contributed by atoms with van der Waals surface area (Å²) in [6.07, 6.45) is 0.891. The second-order valence-corrected chi connectivity index (χ2v) is 6.65. The number of halogens is 1. The molecule has 2 rings (SSSR count). The Bertz CT molecular complexity index is 591. The second kappa shape index (κ2) is 7.10. The first-order chi connectivity index (χ1) is 9.95. The van der Waals surface area contributed by atoms with Crippen LogP contribution in [0.2, 0.25) is 0 Å². The van der Waals surface area contributed by atoms with Crippen LogP contribution in [0.15, 0.2) is 46.9 Å². The Morgan fingerprint density at radius 1 is 1.14 bits per heavy atom. The van der Waals surface area contributed by atoms with Crippen LogP contribution in [-0.2, 0) is 13.0 Å². The highest BCUT2D eigenvalue weighted by molar-refractivity contribution is 9.10. The molecule has 3 heteroatoms. The van der Waals surface area contributed by atoms with Gasteiger partial charge in [-0.2, -0.15) is 0 Å². The minimum Gasteiger partial charge on any atom is -0.370 e. The average molecular weight is 347 g/mol. The quantitative estimate of drug-likeness (QED) is 0.875. The number of hydrogen-bond donors (Lipinski definition) is 1. The highest BCUT2D eigenvalue weighted by Gasteiger charge is 2.07. The molecule has 0 fully saturated rings. The lowest BCUT2D eigenvalue weighted by Gasteiger charge is -2.21. The molecule has 0 aliphatic rings. The number of aryl methyl sites for hydroxylation is 1. The van der Waals surface area contributed by atoms with E-state index < -0.39 is 0 Å². The van der Waals surface area contributed by atoms with Crippen molar-refractivity contribution >= 4 is 21.6 Å². The zero-order chi connectivity index (χ0) is 15.4. The molecule has 0 bridgehead atoms. The highest BCUT2D eigenvalue weighted by atomic mass is 79.9. The van der Waals surface area contributed by atoms with Crippen LogP contribution in [0.5, 0.6) is 0 Å². The number of hydrogen-bond acceptors (Lipinski definition) is 2. The monoisotopic (exact) mass is 346 g/mol. The van der Waals surface area contributed by atoms with E-state index in [9.17, 15) is 0 Å². The number of benzene rings is 2. The largest absolute Gasteiger partial charge is 0.370 e. The minimum atomic E-state index is 0.178. The second-order valence-electron chi connectivity index (χ2n) is 5.80. The molecule has 1 unspecified atom stereocenters. The van der Waals surface area contributed by atoms with Crippen molar-refractivity contribution in [2.45, 2.75) is 32.9 Å². The summed E-state index contributed by atoms with van der Waals surface area (Å²) in [6, 6.07) is 15.4. The summed E-state index contributed by atoms with van der Waals surface area (Å²) in [5.74, 6) is 0. The molecule has 0 radical (unpaired) electrons. The fourth-order valence-electron chi connectivity index (χ4n) is 2.34. The molecule has 2 N–H and O–H groups in total. The molecule has 0 amide bonds. The minimum absolute atomic E-state index is 0.178. The summed E-state index contributed by atoms with van der Waals surface area (Å²) in [4.78, 5) is 2.26. The molecule has 0 spiro atoms. The normalized spacial score (nSPS) is 12.2. The number of rotatable bonds is 5. The molecule has 0 aliphatic heterocycles. The first kappa shape index (κ1) is 16.1. The molecule has 2 aromatic carbocycles. The van der Waals surface area contributed by atoms with Gasteiger partial charge in [0.25, 0.3) is 0 Å². The first-order valence-corrected chi connectivity index (χ1v) is 8.05. The van der Waals surface area contributed by atoms with Crippen molar-refractivity contribution < 1.29 is 0 Å². The van der Waals surface area contributed by atoms with E-state index in [0.29, 0.717) is 0 Å². The van der Waals surface area contributed by atoms with E-state index in [4.69, 9.17) is 5.73 Å². The number of nitrogens with zero attached hydrogens (tertiary/aromatic N) is 1. The van der Waals surface area contributed by atoms with Crippen molar-refractivity contribution in [3.05, 3.63) is 63.6 Å². The van der Waals surface area contributed by atoms with Gasteiger partial charge in [0.05, 0.1) is 0 Å². The van der Waals surface area contributed by atoms with Gasteiger partial charge in [-0.15, -0.1) is 0 Å². The molecule has 0 heterocycles. The van der Waals surface area contributed by atoms with Gasteiger partial charge < -0.3 is 10.6 Å². The molecule has 1 atom stereocenters. The van der Waals surface area contributed by atoms with Crippen molar-refractivity contribution in [1.82, 2.24) is 0 Å². The van der Waals surface area contributed by atoms with Gasteiger partial charge in [0, 0.05) is 29.8 Å². The lowest BCUT2D eigenvalue weighted by Crippen LogP contribution is -2.19. The summed E-state index contributed by atoms with van der Waals surface area (Å²) in [6.45, 7) is 5.05. The topological polar surface area (TPSA) is 29.3 Å². The average Bonchev–Trinajstić information content (AvgIpc) is 2.43. The highest BCUT2D eigenvalue weighted by Crippen LogP contribution is 2.25. The summed E-state index contributed by atoms with van der Waals surface area (Å²) in [5.41, 5.74) is 11.0. The first-order valence-electron chi connectivity index (χ1n) is 7.26. The fourth-order valence-corrected chi connectivity index (χ4v) is 2.87. The van der Waals surface area contributed by atoms with Crippen LogP contribution in [-0.4, -0.2) is 13.1 Å². The Morgan fingerprint density at radius 3 is 2.38 bits per heavy atom. The zero-order valence-electron chi connectivity index (χ0n) is 12.9. The van der Waals surface area contributed by atoms with Gasteiger partial charge in [-0.3, -0.25) is 0 Å². The van der Waals surface area contributed by atoms with Gasteiger partial charge >= 0.3 is 0 Å². The predicted octanol–water partition coefficient (Wildman–Crippen LogP) is 4.28. The van der Waals surface area contributed by atoms with E-state index in [1.807, 2.05) is 6.92 Å². The third kappa shape index (κ3) is 4.58. The van der Waals surface area contributed by atoms with E-state index in [0.717, 1.165) is 17.4 Å². The van der Waals surface area contributed by atoms with E-state index >= 15 is 0 Å². The van der Waals surface area contributed by atoms with Crippen LogP contribution in [0.4, 0.5) is 5.69 Å². The molecule has 0 saturated carbocycles. The molecular weight excluding hydrogens is 324 g/mol. The van der Waals surface area contributed by atoms with E-state index in [-0.39, 0.29) is 6.04 Å². The fraction of sp³-hybridized carbons (Fsp3) is 0.333. The maximum atomic E-state index is 5.87. The van der Waals surface area contributed by atoms with Gasteiger partial charge in [0.15, 0.2) is 0 Å². The molecular formula is C18H23BrN2. The van der Waals surface area contributed by atoms with Crippen molar-refractivity contribution in [2.75, 3.05) is 11.9 Å². The van der Waals surface area contributed by atoms with E-state index in [1.165, 1.54) is 22.4 Å². The van der Waals surface area contributed by atoms with Crippen LogP contribution < -0.4 is 10.6 Å². The summed E-state index contributed by atoms with van der Waals surface area (Å²) in [5, 5.41) is 0. The third-order valence-corrected chi connectivity index (χ3v) is 4.30. The van der Waals surface area contributed by atoms with Crippen LogP contribution >= 0.6 is 15.9 Å². The summed E-state index contributed by atoms with van der Waals surface area (Å²) in [7, 11) is 2.12. The van der Waals surface area contributed by atoms with Crippen molar-refractivity contribution in [2.24, 2.45) is 5.73 Å². The Kier molecular flexibility index (Phi) is 5.43. The van der Waals surface area contributed by atoms with Crippen molar-refractivity contribution in [1.29, 1.82) is 0 Å². The lowest BCUT2D eigenvalue weighted by molar-refractivity contribution is 0.736. The summed E-state index contributed by atoms with van der Waals surface area (Å²) >= 11 is 3.66. The smallest absolute Gasteiger partial charge is 0.0426 e. The van der Waals surface area contributed by atoms with Crippen molar-refractivity contribution in [3.63, 3.8) is 0 Å². The molecule has 2 nitrogen and oxygen atoms in total. The van der Waals surface area contributed by atoms with Gasteiger partial charge in [-0.1, -0.05) is 51.8 Å². The van der Waals surface area contributed by atoms with Gasteiger partial charge in [0.2, 0.25) is 0 Å². The maximum absolute atomic E-state index is 5.87. The molecule has 112 valence electrons. The van der Waals surface area contributed by atoms with E-state index in [1.54, 1.807) is 0 Å². The standard InChI is InChI=1S/C18H23BrN2/c1-13-4-6-15(7-5-13)12-21(3)17-9-8-16(10-14(2)20)18(19)11-17/h4-9,11,14H,10,12,20H2,1-3H3. The van der Waals surface area contributed by atoms with Gasteiger partial charge in [-0.25, -0.2) is 0 Å². The Hall–Kier alpha value is -1.32. The molecule has 0 aliphatic carbocycles. The predicted molar refractivity (Wildman–Crippen MR) is 94.8 cm³/mol. The third-order valence-electron chi connectivity index (χ3n) is 3.56. The van der Waals surface area contributed by atoms with Crippen LogP contribution in [0.1, 0.15) is 23.6 Å². The Morgan fingerprint density at radius 2 is 1.81 bits per heavy atom. The van der Waals surface area contributed by atoms with Crippen LogP contribution in [0, 0.1) is 6.92 Å². The van der Waals surface area contributed by atoms with Crippen LogP contribution in [0.25, 0.3) is 0 Å². The van der Waals surface area contributed by atoms with Crippen molar-refractivity contribution in [3.8, 4) is 0 Å². The lowest BCUT2D eigenvalue weighted by atomic mass is 10.1. The van der Waals surface area contributed by atoms with E-state index in [2.05, 4.69) is 77.3 Å². The number of nitrogens with two attached hydrogens (primary N) is 1.